The van der Waals surface area contributed by atoms with E-state index in [0.29, 0.717) is 16.0 Å². The van der Waals surface area contributed by atoms with Crippen LogP contribution in [-0.4, -0.2) is 14.6 Å². The highest BCUT2D eigenvalue weighted by Gasteiger charge is 2.15. The summed E-state index contributed by atoms with van der Waals surface area (Å²) in [4.78, 5) is 5.46. The summed E-state index contributed by atoms with van der Waals surface area (Å²) in [6, 6.07) is 5.92. The van der Waals surface area contributed by atoms with Crippen molar-refractivity contribution in [2.75, 3.05) is 0 Å². The molecular formula is C13H11Cl2N3S. The number of aromatic nitrogens is 3. The summed E-state index contributed by atoms with van der Waals surface area (Å²) < 4.78 is 1.66. The highest BCUT2D eigenvalue weighted by molar-refractivity contribution is 7.13. The van der Waals surface area contributed by atoms with Crippen LogP contribution in [0.5, 0.6) is 0 Å². The Hall–Kier alpha value is -1.10. The Morgan fingerprint density at radius 1 is 1.37 bits per heavy atom. The Morgan fingerprint density at radius 3 is 2.89 bits per heavy atom. The van der Waals surface area contributed by atoms with Crippen molar-refractivity contribution < 1.29 is 0 Å². The number of nitrogens with zero attached hydrogens (tertiary/aromatic N) is 3. The number of hydrogen-bond donors (Lipinski definition) is 0. The molecule has 0 N–H and O–H groups in total. The average Bonchev–Trinajstić information content (AvgIpc) is 3.02. The van der Waals surface area contributed by atoms with Gasteiger partial charge in [0.25, 0.3) is 0 Å². The molecule has 3 nitrogen and oxygen atoms in total. The van der Waals surface area contributed by atoms with Crippen LogP contribution in [0.4, 0.5) is 0 Å². The third-order valence-electron chi connectivity index (χ3n) is 2.86. The number of thiophene rings is 1. The number of fused-ring (bicyclic) bond motifs is 1. The Morgan fingerprint density at radius 2 is 2.21 bits per heavy atom. The van der Waals surface area contributed by atoms with Gasteiger partial charge >= 0.3 is 0 Å². The van der Waals surface area contributed by atoms with Crippen LogP contribution in [0.1, 0.15) is 18.9 Å². The van der Waals surface area contributed by atoms with Crippen LogP contribution in [0.15, 0.2) is 23.6 Å². The van der Waals surface area contributed by atoms with E-state index in [-0.39, 0.29) is 0 Å². The van der Waals surface area contributed by atoms with Crippen LogP contribution in [0.3, 0.4) is 0 Å². The second-order valence-electron chi connectivity index (χ2n) is 4.20. The van der Waals surface area contributed by atoms with Gasteiger partial charge in [-0.25, -0.2) is 9.50 Å². The summed E-state index contributed by atoms with van der Waals surface area (Å²) in [6.07, 6.45) is 1.76. The van der Waals surface area contributed by atoms with Gasteiger partial charge in [0, 0.05) is 11.6 Å². The van der Waals surface area contributed by atoms with Gasteiger partial charge in [-0.05, 0) is 17.9 Å². The monoisotopic (exact) mass is 311 g/mol. The topological polar surface area (TPSA) is 30.2 Å². The summed E-state index contributed by atoms with van der Waals surface area (Å²) in [5.41, 5.74) is 2.41. The van der Waals surface area contributed by atoms with Gasteiger partial charge in [-0.15, -0.1) is 11.3 Å². The van der Waals surface area contributed by atoms with Gasteiger partial charge in [0.1, 0.15) is 16.0 Å². The SMILES string of the molecule is CCCc1c(Cl)nc2cc(-c3cccs3)nn2c1Cl. The highest BCUT2D eigenvalue weighted by Crippen LogP contribution is 2.29. The largest absolute Gasteiger partial charge is 0.216 e. The first-order valence-electron chi connectivity index (χ1n) is 5.98. The van der Waals surface area contributed by atoms with E-state index in [1.807, 2.05) is 23.6 Å². The predicted octanol–water partition coefficient (Wildman–Crippen LogP) is 4.72. The Labute approximate surface area is 124 Å². The van der Waals surface area contributed by atoms with Gasteiger partial charge in [0.05, 0.1) is 4.88 Å². The first-order chi connectivity index (χ1) is 9.20. The van der Waals surface area contributed by atoms with Crippen molar-refractivity contribution in [3.8, 4) is 10.6 Å². The van der Waals surface area contributed by atoms with Crippen LogP contribution >= 0.6 is 34.5 Å². The van der Waals surface area contributed by atoms with Crippen LogP contribution in [0, 0.1) is 0 Å². The minimum absolute atomic E-state index is 0.469. The Kier molecular flexibility index (Phi) is 3.48. The van der Waals surface area contributed by atoms with Crippen LogP contribution < -0.4 is 0 Å². The van der Waals surface area contributed by atoms with E-state index in [2.05, 4.69) is 17.0 Å². The zero-order valence-corrected chi connectivity index (χ0v) is 12.6. The van der Waals surface area contributed by atoms with E-state index in [0.717, 1.165) is 29.0 Å². The molecule has 3 heterocycles. The molecule has 0 unspecified atom stereocenters. The third kappa shape index (κ3) is 2.24. The standard InChI is InChI=1S/C13H11Cl2N3S/c1-2-4-8-12(14)16-11-7-9(10-5-3-6-19-10)17-18(11)13(8)15/h3,5-7H,2,4H2,1H3. The normalized spacial score (nSPS) is 11.3. The van der Waals surface area contributed by atoms with Crippen molar-refractivity contribution >= 4 is 40.2 Å². The second-order valence-corrected chi connectivity index (χ2v) is 5.86. The molecule has 0 spiro atoms. The molecule has 3 aromatic heterocycles. The molecule has 0 aliphatic rings. The van der Waals surface area contributed by atoms with Crippen molar-refractivity contribution in [1.82, 2.24) is 14.6 Å². The van der Waals surface area contributed by atoms with Crippen molar-refractivity contribution in [1.29, 1.82) is 0 Å². The van der Waals surface area contributed by atoms with Gasteiger partial charge in [0.15, 0.2) is 5.65 Å². The van der Waals surface area contributed by atoms with E-state index >= 15 is 0 Å². The van der Waals surface area contributed by atoms with E-state index in [9.17, 15) is 0 Å². The number of hydrogen-bond acceptors (Lipinski definition) is 3. The highest BCUT2D eigenvalue weighted by atomic mass is 35.5. The van der Waals surface area contributed by atoms with Gasteiger partial charge in [-0.2, -0.15) is 5.10 Å². The summed E-state index contributed by atoms with van der Waals surface area (Å²) in [5.74, 6) is 0. The van der Waals surface area contributed by atoms with E-state index in [1.165, 1.54) is 0 Å². The lowest BCUT2D eigenvalue weighted by atomic mass is 10.2. The van der Waals surface area contributed by atoms with Gasteiger partial charge in [-0.1, -0.05) is 42.6 Å². The maximum absolute atomic E-state index is 6.38. The van der Waals surface area contributed by atoms with Gasteiger partial charge < -0.3 is 0 Å². The maximum Gasteiger partial charge on any atom is 0.159 e. The summed E-state index contributed by atoms with van der Waals surface area (Å²) >= 11 is 14.2. The van der Waals surface area contributed by atoms with Gasteiger partial charge in [0.2, 0.25) is 0 Å². The van der Waals surface area contributed by atoms with Crippen molar-refractivity contribution in [2.45, 2.75) is 19.8 Å². The Bertz CT molecular complexity index is 719. The number of rotatable bonds is 3. The maximum atomic E-state index is 6.38. The molecule has 98 valence electrons. The molecule has 0 saturated carbocycles. The molecule has 0 saturated heterocycles. The summed E-state index contributed by atoms with van der Waals surface area (Å²) in [5, 5.41) is 7.56. The molecule has 0 fully saturated rings. The Balaban J connectivity index is 2.20. The zero-order valence-electron chi connectivity index (χ0n) is 10.2. The average molecular weight is 312 g/mol. The molecule has 0 atom stereocenters. The molecule has 0 aliphatic carbocycles. The lowest BCUT2D eigenvalue weighted by Gasteiger charge is -2.06. The second kappa shape index (κ2) is 5.12. The van der Waals surface area contributed by atoms with Crippen LogP contribution in [0.2, 0.25) is 10.3 Å². The lowest BCUT2D eigenvalue weighted by molar-refractivity contribution is 0.867. The molecule has 3 rings (SSSR count). The van der Waals surface area contributed by atoms with E-state index in [4.69, 9.17) is 23.2 Å². The summed E-state index contributed by atoms with van der Waals surface area (Å²) in [6.45, 7) is 2.08. The first kappa shape index (κ1) is 12.9. The lowest BCUT2D eigenvalue weighted by Crippen LogP contribution is -1.99. The predicted molar refractivity (Wildman–Crippen MR) is 80.3 cm³/mol. The molecule has 3 aromatic rings. The molecule has 0 aliphatic heterocycles. The minimum atomic E-state index is 0.469. The molecule has 0 aromatic carbocycles. The molecule has 0 bridgehead atoms. The molecule has 19 heavy (non-hydrogen) atoms. The zero-order chi connectivity index (χ0) is 13.4. The van der Waals surface area contributed by atoms with Crippen LogP contribution in [0.25, 0.3) is 16.2 Å². The van der Waals surface area contributed by atoms with Gasteiger partial charge in [-0.3, -0.25) is 0 Å². The molecule has 0 radical (unpaired) electrons. The number of halogens is 2. The van der Waals surface area contributed by atoms with Crippen molar-refractivity contribution in [2.24, 2.45) is 0 Å². The molecule has 6 heteroatoms. The van der Waals surface area contributed by atoms with Crippen molar-refractivity contribution in [3.63, 3.8) is 0 Å². The van der Waals surface area contributed by atoms with E-state index < -0.39 is 0 Å². The fourth-order valence-corrected chi connectivity index (χ4v) is 3.29. The third-order valence-corrected chi connectivity index (χ3v) is 4.45. The van der Waals surface area contributed by atoms with Crippen molar-refractivity contribution in [3.05, 3.63) is 39.4 Å². The van der Waals surface area contributed by atoms with E-state index in [1.54, 1.807) is 15.9 Å². The van der Waals surface area contributed by atoms with Crippen LogP contribution in [-0.2, 0) is 6.42 Å². The summed E-state index contributed by atoms with van der Waals surface area (Å²) in [7, 11) is 0. The fraction of sp³-hybridized carbons (Fsp3) is 0.231. The quantitative estimate of drug-likeness (QED) is 0.655. The molecular weight excluding hydrogens is 301 g/mol. The minimum Gasteiger partial charge on any atom is -0.216 e. The first-order valence-corrected chi connectivity index (χ1v) is 7.61. The molecule has 0 amide bonds. The fourth-order valence-electron chi connectivity index (χ4n) is 1.98. The smallest absolute Gasteiger partial charge is 0.159 e.